The summed E-state index contributed by atoms with van der Waals surface area (Å²) < 4.78 is 29.3. The Balaban J connectivity index is 2.54. The smallest absolute Gasteiger partial charge is 0.324 e. The maximum atomic E-state index is 11.3. The maximum Gasteiger partial charge on any atom is 0.324 e. The third-order valence-electron chi connectivity index (χ3n) is 1.72. The van der Waals surface area contributed by atoms with Gasteiger partial charge in [0.05, 0.1) is 18.5 Å². The molecule has 0 aromatic heterocycles. The molecule has 0 spiro atoms. The van der Waals surface area contributed by atoms with Crippen LogP contribution in [0, 0.1) is 0 Å². The van der Waals surface area contributed by atoms with Gasteiger partial charge in [-0.2, -0.15) is 0 Å². The number of hydrogen-bond donors (Lipinski definition) is 2. The highest BCUT2D eigenvalue weighted by molar-refractivity contribution is 7.89. The van der Waals surface area contributed by atoms with E-state index in [1.54, 1.807) is 0 Å². The molecular weight excluding hydrogens is 210 g/mol. The van der Waals surface area contributed by atoms with Gasteiger partial charge < -0.3 is 9.84 Å². The van der Waals surface area contributed by atoms with E-state index in [9.17, 15) is 13.2 Å². The number of esters is 1. The number of carbonyl (C=O) groups excluding carboxylic acids is 1. The molecule has 1 aliphatic heterocycles. The maximum absolute atomic E-state index is 11.3. The zero-order valence-corrected chi connectivity index (χ0v) is 8.58. The first kappa shape index (κ1) is 11.4. The number of aliphatic hydroxyl groups excluding tert-OH is 1. The highest BCUT2D eigenvalue weighted by atomic mass is 32.2. The van der Waals surface area contributed by atoms with Crippen molar-refractivity contribution in [1.29, 1.82) is 0 Å². The SMILES string of the molecule is CC(O)CS(=O)(=O)NC1CCOC1=O. The monoisotopic (exact) mass is 223 g/mol. The third kappa shape index (κ3) is 3.24. The fourth-order valence-electron chi connectivity index (χ4n) is 1.19. The van der Waals surface area contributed by atoms with E-state index in [1.807, 2.05) is 0 Å². The first-order valence-electron chi connectivity index (χ1n) is 4.25. The number of cyclic esters (lactones) is 1. The lowest BCUT2D eigenvalue weighted by Crippen LogP contribution is -2.41. The van der Waals surface area contributed by atoms with Gasteiger partial charge in [0, 0.05) is 6.42 Å². The van der Waals surface area contributed by atoms with Crippen molar-refractivity contribution in [3.8, 4) is 0 Å². The fourth-order valence-corrected chi connectivity index (χ4v) is 2.56. The minimum Gasteiger partial charge on any atom is -0.464 e. The minimum atomic E-state index is -3.60. The van der Waals surface area contributed by atoms with E-state index in [-0.39, 0.29) is 6.61 Å². The zero-order chi connectivity index (χ0) is 10.8. The molecule has 7 heteroatoms. The fraction of sp³-hybridized carbons (Fsp3) is 0.857. The molecule has 6 nitrogen and oxygen atoms in total. The van der Waals surface area contributed by atoms with Crippen molar-refractivity contribution in [3.05, 3.63) is 0 Å². The lowest BCUT2D eigenvalue weighted by molar-refractivity contribution is -0.139. The van der Waals surface area contributed by atoms with Gasteiger partial charge in [-0.25, -0.2) is 13.1 Å². The van der Waals surface area contributed by atoms with Crippen molar-refractivity contribution in [2.45, 2.75) is 25.5 Å². The summed E-state index contributed by atoms with van der Waals surface area (Å²) in [5.74, 6) is -0.962. The Morgan fingerprint density at radius 1 is 1.71 bits per heavy atom. The number of ether oxygens (including phenoxy) is 1. The van der Waals surface area contributed by atoms with Gasteiger partial charge in [-0.3, -0.25) is 4.79 Å². The largest absolute Gasteiger partial charge is 0.464 e. The Kier molecular flexibility index (Phi) is 3.46. The molecule has 0 saturated carbocycles. The molecule has 82 valence electrons. The molecule has 0 bridgehead atoms. The number of aliphatic hydroxyl groups is 1. The van der Waals surface area contributed by atoms with Crippen LogP contribution >= 0.6 is 0 Å². The summed E-state index contributed by atoms with van der Waals surface area (Å²) in [5, 5.41) is 8.89. The average Bonchev–Trinajstić information content (AvgIpc) is 2.32. The molecule has 0 amide bonds. The van der Waals surface area contributed by atoms with Crippen LogP contribution in [0.15, 0.2) is 0 Å². The summed E-state index contributed by atoms with van der Waals surface area (Å²) in [5.41, 5.74) is 0. The zero-order valence-electron chi connectivity index (χ0n) is 7.76. The standard InChI is InChI=1S/C7H13NO5S/c1-5(9)4-14(11,12)8-6-2-3-13-7(6)10/h5-6,8-9H,2-4H2,1H3. The molecule has 2 atom stereocenters. The third-order valence-corrected chi connectivity index (χ3v) is 3.28. The summed E-state index contributed by atoms with van der Waals surface area (Å²) in [6.07, 6.45) is -0.609. The predicted octanol–water partition coefficient (Wildman–Crippen LogP) is -1.40. The highest BCUT2D eigenvalue weighted by Gasteiger charge is 2.30. The van der Waals surface area contributed by atoms with Crippen LogP contribution in [-0.2, 0) is 19.6 Å². The Morgan fingerprint density at radius 2 is 2.36 bits per heavy atom. The molecular formula is C7H13NO5S. The number of nitrogens with one attached hydrogen (secondary N) is 1. The van der Waals surface area contributed by atoms with Gasteiger partial charge >= 0.3 is 5.97 Å². The Bertz CT molecular complexity index is 310. The van der Waals surface area contributed by atoms with Crippen molar-refractivity contribution < 1.29 is 23.1 Å². The van der Waals surface area contributed by atoms with Gasteiger partial charge in [-0.1, -0.05) is 0 Å². The lowest BCUT2D eigenvalue weighted by atomic mass is 10.3. The first-order chi connectivity index (χ1) is 6.41. The van der Waals surface area contributed by atoms with Gasteiger partial charge in [0.2, 0.25) is 10.0 Å². The van der Waals surface area contributed by atoms with Crippen molar-refractivity contribution in [1.82, 2.24) is 4.72 Å². The Labute approximate surface area is 82.3 Å². The van der Waals surface area contributed by atoms with Crippen LogP contribution in [0.5, 0.6) is 0 Å². The van der Waals surface area contributed by atoms with Crippen molar-refractivity contribution in [2.75, 3.05) is 12.4 Å². The van der Waals surface area contributed by atoms with Crippen LogP contribution in [-0.4, -0.2) is 44.0 Å². The van der Waals surface area contributed by atoms with Crippen LogP contribution in [0.1, 0.15) is 13.3 Å². The second kappa shape index (κ2) is 4.24. The van der Waals surface area contributed by atoms with Crippen molar-refractivity contribution >= 4 is 16.0 Å². The second-order valence-corrected chi connectivity index (χ2v) is 5.06. The molecule has 1 saturated heterocycles. The van der Waals surface area contributed by atoms with E-state index in [4.69, 9.17) is 5.11 Å². The lowest BCUT2D eigenvalue weighted by Gasteiger charge is -2.10. The van der Waals surface area contributed by atoms with Crippen LogP contribution in [0.3, 0.4) is 0 Å². The summed E-state index contributed by atoms with van der Waals surface area (Å²) in [4.78, 5) is 10.9. The minimum absolute atomic E-state index is 0.237. The summed E-state index contributed by atoms with van der Waals surface area (Å²) in [6.45, 7) is 1.60. The van der Waals surface area contributed by atoms with E-state index in [0.717, 1.165) is 0 Å². The molecule has 0 aromatic carbocycles. The van der Waals surface area contributed by atoms with Crippen LogP contribution in [0.2, 0.25) is 0 Å². The van der Waals surface area contributed by atoms with Crippen LogP contribution in [0.25, 0.3) is 0 Å². The van der Waals surface area contributed by atoms with Crippen molar-refractivity contribution in [3.63, 3.8) is 0 Å². The van der Waals surface area contributed by atoms with E-state index in [0.29, 0.717) is 6.42 Å². The second-order valence-electron chi connectivity index (χ2n) is 3.26. The van der Waals surface area contributed by atoms with Crippen molar-refractivity contribution in [2.24, 2.45) is 0 Å². The molecule has 1 rings (SSSR count). The molecule has 1 aliphatic rings. The molecule has 1 fully saturated rings. The summed E-state index contributed by atoms with van der Waals surface area (Å²) >= 11 is 0. The molecule has 0 aliphatic carbocycles. The van der Waals surface area contributed by atoms with E-state index in [2.05, 4.69) is 9.46 Å². The number of sulfonamides is 1. The van der Waals surface area contributed by atoms with Gasteiger partial charge in [-0.05, 0) is 6.92 Å². The highest BCUT2D eigenvalue weighted by Crippen LogP contribution is 2.07. The summed E-state index contributed by atoms with van der Waals surface area (Å²) in [6, 6.07) is -0.793. The number of rotatable bonds is 4. The molecule has 0 radical (unpaired) electrons. The molecule has 0 aromatic rings. The quantitative estimate of drug-likeness (QED) is 0.572. The van der Waals surface area contributed by atoms with E-state index < -0.39 is 33.9 Å². The normalized spacial score (nSPS) is 24.7. The predicted molar refractivity (Wildman–Crippen MR) is 48.0 cm³/mol. The van der Waals surface area contributed by atoms with Gasteiger partial charge in [-0.15, -0.1) is 0 Å². The van der Waals surface area contributed by atoms with Crippen LogP contribution < -0.4 is 4.72 Å². The van der Waals surface area contributed by atoms with Gasteiger partial charge in [0.15, 0.2) is 0 Å². The summed E-state index contributed by atoms with van der Waals surface area (Å²) in [7, 11) is -3.60. The van der Waals surface area contributed by atoms with E-state index in [1.165, 1.54) is 6.92 Å². The molecule has 2 N–H and O–H groups in total. The van der Waals surface area contributed by atoms with E-state index >= 15 is 0 Å². The molecule has 14 heavy (non-hydrogen) atoms. The number of hydrogen-bond acceptors (Lipinski definition) is 5. The van der Waals surface area contributed by atoms with Gasteiger partial charge in [0.25, 0.3) is 0 Å². The van der Waals surface area contributed by atoms with Gasteiger partial charge in [0.1, 0.15) is 6.04 Å². The average molecular weight is 223 g/mol. The molecule has 2 unspecified atom stereocenters. The Morgan fingerprint density at radius 3 is 2.79 bits per heavy atom. The number of carbonyl (C=O) groups is 1. The molecule has 1 heterocycles. The topological polar surface area (TPSA) is 92.7 Å². The van der Waals surface area contributed by atoms with Crippen LogP contribution in [0.4, 0.5) is 0 Å². The first-order valence-corrected chi connectivity index (χ1v) is 5.90. The Hall–Kier alpha value is -0.660.